The van der Waals surface area contributed by atoms with Crippen molar-refractivity contribution in [2.75, 3.05) is 0 Å². The van der Waals surface area contributed by atoms with Gasteiger partial charge in [0, 0.05) is 11.8 Å². The molecule has 0 atom stereocenters. The first kappa shape index (κ1) is 11.4. The van der Waals surface area contributed by atoms with E-state index < -0.39 is 0 Å². The Hall–Kier alpha value is -2.09. The molecule has 17 heavy (non-hydrogen) atoms. The third-order valence-corrected chi connectivity index (χ3v) is 2.64. The summed E-state index contributed by atoms with van der Waals surface area (Å²) in [5, 5.41) is 9.98. The Balaban J connectivity index is 2.28. The zero-order valence-electron chi connectivity index (χ0n) is 9.80. The highest BCUT2D eigenvalue weighted by Crippen LogP contribution is 2.22. The molecule has 2 rings (SSSR count). The third-order valence-electron chi connectivity index (χ3n) is 2.64. The minimum absolute atomic E-state index is 0.328. The normalized spacial score (nSPS) is 10.9. The molecule has 0 radical (unpaired) electrons. The van der Waals surface area contributed by atoms with Crippen LogP contribution in [0.1, 0.15) is 18.1 Å². The van der Waals surface area contributed by atoms with E-state index in [0.717, 1.165) is 23.2 Å². The summed E-state index contributed by atoms with van der Waals surface area (Å²) < 4.78 is 0. The Kier molecular flexibility index (Phi) is 3.55. The quantitative estimate of drug-likeness (QED) is 0.793. The van der Waals surface area contributed by atoms with Gasteiger partial charge in [-0.15, -0.1) is 0 Å². The summed E-state index contributed by atoms with van der Waals surface area (Å²) in [6, 6.07) is 15.4. The molecule has 0 amide bonds. The molecular weight excluding hydrogens is 210 g/mol. The largest absolute Gasteiger partial charge is 0.507 e. The second-order valence-corrected chi connectivity index (χ2v) is 3.80. The predicted molar refractivity (Wildman–Crippen MR) is 71.2 cm³/mol. The number of para-hydroxylation sites is 2. The van der Waals surface area contributed by atoms with Crippen molar-refractivity contribution in [3.63, 3.8) is 0 Å². The van der Waals surface area contributed by atoms with Gasteiger partial charge in [0.15, 0.2) is 0 Å². The Bertz CT molecular complexity index is 518. The summed E-state index contributed by atoms with van der Waals surface area (Å²) in [6.45, 7) is 2.02. The van der Waals surface area contributed by atoms with Crippen molar-refractivity contribution < 1.29 is 5.11 Å². The average molecular weight is 225 g/mol. The Morgan fingerprint density at radius 2 is 1.82 bits per heavy atom. The molecule has 0 spiro atoms. The van der Waals surface area contributed by atoms with E-state index in [1.54, 1.807) is 6.21 Å². The fraction of sp³-hybridized carbons (Fsp3) is 0.133. The Labute approximate surface area is 101 Å². The maximum atomic E-state index is 9.98. The van der Waals surface area contributed by atoms with Crippen LogP contribution in [0.3, 0.4) is 0 Å². The van der Waals surface area contributed by atoms with Crippen molar-refractivity contribution in [2.24, 2.45) is 4.99 Å². The molecule has 2 aromatic carbocycles. The van der Waals surface area contributed by atoms with E-state index in [9.17, 15) is 5.11 Å². The van der Waals surface area contributed by atoms with Crippen molar-refractivity contribution >= 4 is 11.9 Å². The number of aliphatic imine (C=N–C) groups is 1. The molecule has 0 heterocycles. The average Bonchev–Trinajstić information content (AvgIpc) is 2.39. The lowest BCUT2D eigenvalue weighted by molar-refractivity contribution is 0.468. The zero-order valence-corrected chi connectivity index (χ0v) is 9.80. The van der Waals surface area contributed by atoms with Gasteiger partial charge in [0.2, 0.25) is 0 Å². The SMILES string of the molecule is CCc1cccc(/C=N/c2ccccc2)c1O. The summed E-state index contributed by atoms with van der Waals surface area (Å²) in [6.07, 6.45) is 2.52. The lowest BCUT2D eigenvalue weighted by Gasteiger charge is -2.03. The number of rotatable bonds is 3. The summed E-state index contributed by atoms with van der Waals surface area (Å²) in [5.41, 5.74) is 2.59. The first-order valence-electron chi connectivity index (χ1n) is 5.71. The van der Waals surface area contributed by atoms with Crippen molar-refractivity contribution in [1.29, 1.82) is 0 Å². The fourth-order valence-electron chi connectivity index (χ4n) is 1.66. The maximum absolute atomic E-state index is 9.98. The number of aryl methyl sites for hydroxylation is 1. The summed E-state index contributed by atoms with van der Waals surface area (Å²) in [5.74, 6) is 0.328. The summed E-state index contributed by atoms with van der Waals surface area (Å²) in [7, 11) is 0. The van der Waals surface area contributed by atoms with Crippen LogP contribution < -0.4 is 0 Å². The second kappa shape index (κ2) is 5.30. The Morgan fingerprint density at radius 1 is 1.06 bits per heavy atom. The number of nitrogens with zero attached hydrogens (tertiary/aromatic N) is 1. The van der Waals surface area contributed by atoms with E-state index in [0.29, 0.717) is 5.75 Å². The molecular formula is C15H15NO. The van der Waals surface area contributed by atoms with Crippen LogP contribution >= 0.6 is 0 Å². The molecule has 0 aliphatic carbocycles. The molecule has 86 valence electrons. The van der Waals surface area contributed by atoms with E-state index in [-0.39, 0.29) is 0 Å². The van der Waals surface area contributed by atoms with Gasteiger partial charge in [0.1, 0.15) is 5.75 Å². The van der Waals surface area contributed by atoms with E-state index in [4.69, 9.17) is 0 Å². The van der Waals surface area contributed by atoms with Crippen LogP contribution in [0.15, 0.2) is 53.5 Å². The van der Waals surface area contributed by atoms with E-state index in [2.05, 4.69) is 4.99 Å². The van der Waals surface area contributed by atoms with Crippen LogP contribution in [0, 0.1) is 0 Å². The third kappa shape index (κ3) is 2.72. The van der Waals surface area contributed by atoms with Gasteiger partial charge in [0.05, 0.1) is 5.69 Å². The van der Waals surface area contributed by atoms with Crippen LogP contribution in [0.25, 0.3) is 0 Å². The molecule has 0 aliphatic heterocycles. The van der Waals surface area contributed by atoms with Crippen LogP contribution in [0.5, 0.6) is 5.75 Å². The standard InChI is InChI=1S/C15H15NO/c1-2-12-7-6-8-13(15(12)17)11-16-14-9-4-3-5-10-14/h3-11,17H,2H2,1H3/b16-11+. The van der Waals surface area contributed by atoms with Gasteiger partial charge in [-0.3, -0.25) is 4.99 Å². The fourth-order valence-corrected chi connectivity index (χ4v) is 1.66. The molecule has 0 saturated heterocycles. The minimum Gasteiger partial charge on any atom is -0.507 e. The van der Waals surface area contributed by atoms with Crippen LogP contribution in [-0.2, 0) is 6.42 Å². The smallest absolute Gasteiger partial charge is 0.127 e. The second-order valence-electron chi connectivity index (χ2n) is 3.80. The lowest BCUT2D eigenvalue weighted by atomic mass is 10.1. The van der Waals surface area contributed by atoms with Crippen molar-refractivity contribution in [3.8, 4) is 5.75 Å². The molecule has 0 fully saturated rings. The highest BCUT2D eigenvalue weighted by Gasteiger charge is 2.02. The molecule has 0 unspecified atom stereocenters. The van der Waals surface area contributed by atoms with Gasteiger partial charge in [0.25, 0.3) is 0 Å². The number of aromatic hydroxyl groups is 1. The first-order valence-corrected chi connectivity index (χ1v) is 5.71. The highest BCUT2D eigenvalue weighted by atomic mass is 16.3. The number of phenolic OH excluding ortho intramolecular Hbond substituents is 1. The van der Waals surface area contributed by atoms with Crippen molar-refractivity contribution in [2.45, 2.75) is 13.3 Å². The van der Waals surface area contributed by atoms with Gasteiger partial charge in [-0.05, 0) is 30.2 Å². The van der Waals surface area contributed by atoms with Crippen LogP contribution in [0.4, 0.5) is 5.69 Å². The lowest BCUT2D eigenvalue weighted by Crippen LogP contribution is -1.87. The van der Waals surface area contributed by atoms with Crippen molar-refractivity contribution in [1.82, 2.24) is 0 Å². The molecule has 0 aromatic heterocycles. The Morgan fingerprint density at radius 3 is 2.53 bits per heavy atom. The highest BCUT2D eigenvalue weighted by molar-refractivity contribution is 5.85. The van der Waals surface area contributed by atoms with Crippen LogP contribution in [0.2, 0.25) is 0 Å². The predicted octanol–water partition coefficient (Wildman–Crippen LogP) is 3.71. The monoisotopic (exact) mass is 225 g/mol. The van der Waals surface area contributed by atoms with E-state index in [1.807, 2.05) is 55.5 Å². The van der Waals surface area contributed by atoms with Crippen LogP contribution in [-0.4, -0.2) is 11.3 Å². The topological polar surface area (TPSA) is 32.6 Å². The van der Waals surface area contributed by atoms with Gasteiger partial charge < -0.3 is 5.11 Å². The molecule has 2 nitrogen and oxygen atoms in total. The minimum atomic E-state index is 0.328. The molecule has 0 bridgehead atoms. The number of hydrogen-bond acceptors (Lipinski definition) is 2. The summed E-state index contributed by atoms with van der Waals surface area (Å²) in [4.78, 5) is 4.33. The summed E-state index contributed by atoms with van der Waals surface area (Å²) >= 11 is 0. The van der Waals surface area contributed by atoms with E-state index >= 15 is 0 Å². The number of benzene rings is 2. The van der Waals surface area contributed by atoms with E-state index in [1.165, 1.54) is 0 Å². The number of hydrogen-bond donors (Lipinski definition) is 1. The molecule has 2 aromatic rings. The number of phenols is 1. The van der Waals surface area contributed by atoms with Gasteiger partial charge >= 0.3 is 0 Å². The van der Waals surface area contributed by atoms with Crippen molar-refractivity contribution in [3.05, 3.63) is 59.7 Å². The molecule has 1 N–H and O–H groups in total. The molecule has 0 saturated carbocycles. The van der Waals surface area contributed by atoms with Gasteiger partial charge in [-0.25, -0.2) is 0 Å². The molecule has 0 aliphatic rings. The van der Waals surface area contributed by atoms with Gasteiger partial charge in [-0.2, -0.15) is 0 Å². The first-order chi connectivity index (χ1) is 8.31. The maximum Gasteiger partial charge on any atom is 0.127 e. The van der Waals surface area contributed by atoms with Gasteiger partial charge in [-0.1, -0.05) is 37.3 Å². The molecule has 2 heteroatoms. The zero-order chi connectivity index (χ0) is 12.1.